The molecule has 2 heterocycles. The third-order valence-corrected chi connectivity index (χ3v) is 1.85. The summed E-state index contributed by atoms with van der Waals surface area (Å²) in [7, 11) is 0. The molecular formula is C9H10N4. The summed E-state index contributed by atoms with van der Waals surface area (Å²) in [5.74, 6) is 0. The van der Waals surface area contributed by atoms with Crippen molar-refractivity contribution < 1.29 is 0 Å². The molecule has 2 aromatic rings. The summed E-state index contributed by atoms with van der Waals surface area (Å²) in [5, 5.41) is 6.63. The molecule has 13 heavy (non-hydrogen) atoms. The topological polar surface area (TPSA) is 54.5 Å². The molecule has 0 bridgehead atoms. The van der Waals surface area contributed by atoms with Crippen LogP contribution in [0.3, 0.4) is 0 Å². The number of hydrogen-bond donors (Lipinski definition) is 1. The Balaban J connectivity index is 2.57. The van der Waals surface area contributed by atoms with E-state index in [0.29, 0.717) is 0 Å². The molecule has 0 radical (unpaired) electrons. The van der Waals surface area contributed by atoms with Gasteiger partial charge < -0.3 is 0 Å². The second kappa shape index (κ2) is 2.97. The summed E-state index contributed by atoms with van der Waals surface area (Å²) in [5.41, 5.74) is 3.72. The number of rotatable bonds is 1. The predicted molar refractivity (Wildman–Crippen MR) is 49.1 cm³/mol. The number of aromatic amines is 1. The van der Waals surface area contributed by atoms with Crippen LogP contribution in [0.15, 0.2) is 18.6 Å². The minimum Gasteiger partial charge on any atom is -0.285 e. The van der Waals surface area contributed by atoms with Crippen molar-refractivity contribution in [2.75, 3.05) is 0 Å². The smallest absolute Gasteiger partial charge is 0.0949 e. The molecule has 0 atom stereocenters. The van der Waals surface area contributed by atoms with Crippen LogP contribution >= 0.6 is 0 Å². The number of H-pyrrole nitrogens is 1. The van der Waals surface area contributed by atoms with E-state index in [2.05, 4.69) is 20.2 Å². The van der Waals surface area contributed by atoms with Crippen LogP contribution in [0.25, 0.3) is 11.3 Å². The molecule has 0 aliphatic rings. The van der Waals surface area contributed by atoms with Crippen molar-refractivity contribution in [2.45, 2.75) is 13.8 Å². The third-order valence-electron chi connectivity index (χ3n) is 1.85. The zero-order chi connectivity index (χ0) is 9.26. The van der Waals surface area contributed by atoms with Crippen molar-refractivity contribution in [3.05, 3.63) is 30.0 Å². The average Bonchev–Trinajstić information content (AvgIpc) is 2.61. The van der Waals surface area contributed by atoms with Crippen molar-refractivity contribution in [3.63, 3.8) is 0 Å². The van der Waals surface area contributed by atoms with E-state index in [1.165, 1.54) is 0 Å². The first-order valence-electron chi connectivity index (χ1n) is 4.07. The van der Waals surface area contributed by atoms with Gasteiger partial charge in [-0.2, -0.15) is 5.10 Å². The van der Waals surface area contributed by atoms with Gasteiger partial charge in [0, 0.05) is 18.0 Å². The Morgan fingerprint density at radius 1 is 1.23 bits per heavy atom. The highest BCUT2D eigenvalue weighted by atomic mass is 15.1. The Morgan fingerprint density at radius 2 is 2.08 bits per heavy atom. The molecule has 0 aliphatic carbocycles. The molecule has 2 rings (SSSR count). The Labute approximate surface area is 76.1 Å². The highest BCUT2D eigenvalue weighted by molar-refractivity contribution is 5.59. The lowest BCUT2D eigenvalue weighted by molar-refractivity contribution is 1.07. The maximum atomic E-state index is 4.39. The number of aromatic nitrogens is 4. The van der Waals surface area contributed by atoms with E-state index >= 15 is 0 Å². The highest BCUT2D eigenvalue weighted by Crippen LogP contribution is 2.17. The molecule has 2 aromatic heterocycles. The molecule has 0 aromatic carbocycles. The van der Waals surface area contributed by atoms with E-state index in [4.69, 9.17) is 0 Å². The first kappa shape index (κ1) is 7.91. The summed E-state index contributed by atoms with van der Waals surface area (Å²) < 4.78 is 0. The van der Waals surface area contributed by atoms with Gasteiger partial charge in [-0.15, -0.1) is 0 Å². The molecule has 0 unspecified atom stereocenters. The van der Waals surface area contributed by atoms with Crippen molar-refractivity contribution in [3.8, 4) is 11.3 Å². The second-order valence-corrected chi connectivity index (χ2v) is 2.93. The van der Waals surface area contributed by atoms with Crippen molar-refractivity contribution >= 4 is 0 Å². The van der Waals surface area contributed by atoms with Crippen LogP contribution in [0.5, 0.6) is 0 Å². The summed E-state index contributed by atoms with van der Waals surface area (Å²) in [6.45, 7) is 3.87. The fourth-order valence-corrected chi connectivity index (χ4v) is 1.19. The molecule has 0 spiro atoms. The van der Waals surface area contributed by atoms with E-state index in [-0.39, 0.29) is 0 Å². The SMILES string of the molecule is Cc1cnc(C)c(-c2cn[nH]c2)n1. The summed E-state index contributed by atoms with van der Waals surface area (Å²) >= 11 is 0. The van der Waals surface area contributed by atoms with Crippen molar-refractivity contribution in [1.29, 1.82) is 0 Å². The highest BCUT2D eigenvalue weighted by Gasteiger charge is 2.05. The Bertz CT molecular complexity index is 406. The quantitative estimate of drug-likeness (QED) is 0.712. The van der Waals surface area contributed by atoms with Crippen molar-refractivity contribution in [2.24, 2.45) is 0 Å². The molecule has 0 fully saturated rings. The molecule has 0 amide bonds. The largest absolute Gasteiger partial charge is 0.285 e. The molecular weight excluding hydrogens is 164 g/mol. The summed E-state index contributed by atoms with van der Waals surface area (Å²) in [6.07, 6.45) is 5.33. The third kappa shape index (κ3) is 1.42. The fourth-order valence-electron chi connectivity index (χ4n) is 1.19. The lowest BCUT2D eigenvalue weighted by Gasteiger charge is -2.01. The van der Waals surface area contributed by atoms with Gasteiger partial charge in [-0.3, -0.25) is 10.1 Å². The molecule has 4 heteroatoms. The van der Waals surface area contributed by atoms with Gasteiger partial charge in [-0.05, 0) is 13.8 Å². The summed E-state index contributed by atoms with van der Waals surface area (Å²) in [6, 6.07) is 0. The van der Waals surface area contributed by atoms with Crippen LogP contribution in [0, 0.1) is 13.8 Å². The van der Waals surface area contributed by atoms with Gasteiger partial charge in [0.05, 0.1) is 23.3 Å². The number of nitrogens with one attached hydrogen (secondary N) is 1. The van der Waals surface area contributed by atoms with Crippen LogP contribution < -0.4 is 0 Å². The molecule has 0 saturated heterocycles. The van der Waals surface area contributed by atoms with Crippen LogP contribution in [0.2, 0.25) is 0 Å². The van der Waals surface area contributed by atoms with Gasteiger partial charge in [-0.25, -0.2) is 4.98 Å². The van der Waals surface area contributed by atoms with Gasteiger partial charge in [0.2, 0.25) is 0 Å². The van der Waals surface area contributed by atoms with Gasteiger partial charge in [0.1, 0.15) is 0 Å². The maximum Gasteiger partial charge on any atom is 0.0949 e. The standard InChI is InChI=1S/C9H10N4/c1-6-3-10-7(2)9(13-6)8-4-11-12-5-8/h3-5H,1-2H3,(H,11,12). The van der Waals surface area contributed by atoms with Crippen LogP contribution in [0.1, 0.15) is 11.4 Å². The van der Waals surface area contributed by atoms with E-state index in [9.17, 15) is 0 Å². The molecule has 0 saturated carbocycles. The minimum absolute atomic E-state index is 0.897. The monoisotopic (exact) mass is 174 g/mol. The lowest BCUT2D eigenvalue weighted by atomic mass is 10.2. The van der Waals surface area contributed by atoms with Gasteiger partial charge >= 0.3 is 0 Å². The predicted octanol–water partition coefficient (Wildman–Crippen LogP) is 1.48. The Kier molecular flexibility index (Phi) is 1.81. The van der Waals surface area contributed by atoms with Gasteiger partial charge in [0.15, 0.2) is 0 Å². The van der Waals surface area contributed by atoms with Crippen LogP contribution in [-0.4, -0.2) is 20.2 Å². The van der Waals surface area contributed by atoms with E-state index in [1.54, 1.807) is 12.4 Å². The Morgan fingerprint density at radius 3 is 2.77 bits per heavy atom. The molecule has 66 valence electrons. The van der Waals surface area contributed by atoms with Gasteiger partial charge in [-0.1, -0.05) is 0 Å². The molecule has 4 nitrogen and oxygen atoms in total. The Hall–Kier alpha value is -1.71. The first-order chi connectivity index (χ1) is 6.27. The zero-order valence-corrected chi connectivity index (χ0v) is 7.57. The van der Waals surface area contributed by atoms with Crippen LogP contribution in [0.4, 0.5) is 0 Å². The second-order valence-electron chi connectivity index (χ2n) is 2.93. The first-order valence-corrected chi connectivity index (χ1v) is 4.07. The zero-order valence-electron chi connectivity index (χ0n) is 7.57. The number of hydrogen-bond acceptors (Lipinski definition) is 3. The maximum absolute atomic E-state index is 4.39. The molecule has 0 aliphatic heterocycles. The number of aryl methyl sites for hydroxylation is 2. The minimum atomic E-state index is 0.897. The number of nitrogens with zero attached hydrogens (tertiary/aromatic N) is 3. The van der Waals surface area contributed by atoms with E-state index in [0.717, 1.165) is 22.6 Å². The lowest BCUT2D eigenvalue weighted by Crippen LogP contribution is -1.93. The average molecular weight is 174 g/mol. The van der Waals surface area contributed by atoms with E-state index in [1.807, 2.05) is 20.0 Å². The van der Waals surface area contributed by atoms with Crippen LogP contribution in [-0.2, 0) is 0 Å². The fraction of sp³-hybridized carbons (Fsp3) is 0.222. The van der Waals surface area contributed by atoms with Crippen molar-refractivity contribution in [1.82, 2.24) is 20.2 Å². The normalized spacial score (nSPS) is 10.3. The van der Waals surface area contributed by atoms with Gasteiger partial charge in [0.25, 0.3) is 0 Å². The van der Waals surface area contributed by atoms with E-state index < -0.39 is 0 Å². The molecule has 1 N–H and O–H groups in total. The summed E-state index contributed by atoms with van der Waals surface area (Å²) in [4.78, 5) is 8.62.